The van der Waals surface area contributed by atoms with E-state index < -0.39 is 5.60 Å². The highest BCUT2D eigenvalue weighted by molar-refractivity contribution is 5.41. The zero-order chi connectivity index (χ0) is 11.9. The first-order chi connectivity index (χ1) is 8.22. The zero-order valence-corrected chi connectivity index (χ0v) is 10.0. The van der Waals surface area contributed by atoms with E-state index in [9.17, 15) is 5.11 Å². The van der Waals surface area contributed by atoms with Crippen molar-refractivity contribution in [1.82, 2.24) is 5.32 Å². The van der Waals surface area contributed by atoms with Crippen molar-refractivity contribution in [2.75, 3.05) is 6.54 Å². The number of benzene rings is 1. The van der Waals surface area contributed by atoms with Crippen molar-refractivity contribution in [1.29, 1.82) is 0 Å². The molecule has 3 unspecified atom stereocenters. The second-order valence-corrected chi connectivity index (χ2v) is 5.32. The van der Waals surface area contributed by atoms with Crippen LogP contribution in [0.15, 0.2) is 24.3 Å². The van der Waals surface area contributed by atoms with E-state index in [0.717, 1.165) is 24.1 Å². The van der Waals surface area contributed by atoms with E-state index in [1.165, 1.54) is 12.8 Å². The number of hydrogen-bond acceptors (Lipinski definition) is 3. The summed E-state index contributed by atoms with van der Waals surface area (Å²) in [4.78, 5) is 0. The van der Waals surface area contributed by atoms with Crippen molar-refractivity contribution >= 4 is 0 Å². The molecule has 17 heavy (non-hydrogen) atoms. The maximum absolute atomic E-state index is 11.0. The van der Waals surface area contributed by atoms with Crippen LogP contribution in [0.4, 0.5) is 0 Å². The Labute approximate surface area is 102 Å². The summed E-state index contributed by atoms with van der Waals surface area (Å²) in [6.45, 7) is 1.00. The van der Waals surface area contributed by atoms with Crippen LogP contribution in [0.2, 0.25) is 0 Å². The molecule has 1 aromatic rings. The van der Waals surface area contributed by atoms with E-state index in [1.807, 2.05) is 24.3 Å². The number of piperidine rings is 1. The van der Waals surface area contributed by atoms with Crippen LogP contribution in [0.1, 0.15) is 42.9 Å². The van der Waals surface area contributed by atoms with Crippen LogP contribution in [0.5, 0.6) is 0 Å². The summed E-state index contributed by atoms with van der Waals surface area (Å²) in [5.74, 6) is 0. The summed E-state index contributed by atoms with van der Waals surface area (Å²) in [5.41, 5.74) is 7.52. The fourth-order valence-electron chi connectivity index (χ4n) is 3.36. The van der Waals surface area contributed by atoms with Gasteiger partial charge in [-0.15, -0.1) is 0 Å². The van der Waals surface area contributed by atoms with Gasteiger partial charge in [0.05, 0.1) is 0 Å². The molecule has 1 fully saturated rings. The third-order valence-electron chi connectivity index (χ3n) is 4.24. The number of fused-ring (bicyclic) bond motifs is 1. The predicted octanol–water partition coefficient (Wildman–Crippen LogP) is 1.42. The van der Waals surface area contributed by atoms with Gasteiger partial charge in [0.2, 0.25) is 0 Å². The maximum Gasteiger partial charge on any atom is 0.107 e. The SMILES string of the molecule is NC1CC(O)(C2CCCCN2)c2ccccc21. The van der Waals surface area contributed by atoms with Crippen LogP contribution in [-0.2, 0) is 5.60 Å². The fourth-order valence-corrected chi connectivity index (χ4v) is 3.36. The summed E-state index contributed by atoms with van der Waals surface area (Å²) >= 11 is 0. The molecule has 4 N–H and O–H groups in total. The van der Waals surface area contributed by atoms with Crippen molar-refractivity contribution < 1.29 is 5.11 Å². The van der Waals surface area contributed by atoms with Gasteiger partial charge in [-0.1, -0.05) is 30.7 Å². The van der Waals surface area contributed by atoms with Gasteiger partial charge >= 0.3 is 0 Å². The van der Waals surface area contributed by atoms with Crippen LogP contribution in [0, 0.1) is 0 Å². The summed E-state index contributed by atoms with van der Waals surface area (Å²) in [6.07, 6.45) is 4.08. The third-order valence-corrected chi connectivity index (χ3v) is 4.24. The zero-order valence-electron chi connectivity index (χ0n) is 10.0. The van der Waals surface area contributed by atoms with Crippen molar-refractivity contribution in [2.24, 2.45) is 5.73 Å². The van der Waals surface area contributed by atoms with Gasteiger partial charge < -0.3 is 16.2 Å². The largest absolute Gasteiger partial charge is 0.383 e. The van der Waals surface area contributed by atoms with Gasteiger partial charge in [-0.25, -0.2) is 0 Å². The fraction of sp³-hybridized carbons (Fsp3) is 0.571. The number of rotatable bonds is 1. The quantitative estimate of drug-likeness (QED) is 0.686. The van der Waals surface area contributed by atoms with Crippen molar-refractivity contribution in [3.63, 3.8) is 0 Å². The lowest BCUT2D eigenvalue weighted by atomic mass is 9.83. The molecule has 92 valence electrons. The molecule has 1 aliphatic heterocycles. The summed E-state index contributed by atoms with van der Waals surface area (Å²) in [6, 6.07) is 8.19. The Hall–Kier alpha value is -0.900. The van der Waals surface area contributed by atoms with E-state index >= 15 is 0 Å². The highest BCUT2D eigenvalue weighted by atomic mass is 16.3. The van der Waals surface area contributed by atoms with Gasteiger partial charge in [0.15, 0.2) is 0 Å². The topological polar surface area (TPSA) is 58.3 Å². The summed E-state index contributed by atoms with van der Waals surface area (Å²) in [7, 11) is 0. The van der Waals surface area contributed by atoms with Crippen LogP contribution < -0.4 is 11.1 Å². The molecule has 3 nitrogen and oxygen atoms in total. The first-order valence-corrected chi connectivity index (χ1v) is 6.52. The lowest BCUT2D eigenvalue weighted by molar-refractivity contribution is -0.0143. The normalized spacial score (nSPS) is 36.8. The predicted molar refractivity (Wildman–Crippen MR) is 67.5 cm³/mol. The van der Waals surface area contributed by atoms with Gasteiger partial charge in [-0.3, -0.25) is 0 Å². The van der Waals surface area contributed by atoms with E-state index in [4.69, 9.17) is 5.73 Å². The average molecular weight is 232 g/mol. The molecule has 0 amide bonds. The van der Waals surface area contributed by atoms with E-state index in [-0.39, 0.29) is 12.1 Å². The molecule has 0 aromatic heterocycles. The van der Waals surface area contributed by atoms with Gasteiger partial charge in [-0.05, 0) is 30.5 Å². The molecule has 2 aliphatic rings. The van der Waals surface area contributed by atoms with Gasteiger partial charge in [0.1, 0.15) is 5.60 Å². The molecule has 1 aliphatic carbocycles. The third kappa shape index (κ3) is 1.69. The van der Waals surface area contributed by atoms with Crippen LogP contribution in [0.25, 0.3) is 0 Å². The van der Waals surface area contributed by atoms with E-state index in [0.29, 0.717) is 6.42 Å². The number of hydrogen-bond donors (Lipinski definition) is 3. The smallest absolute Gasteiger partial charge is 0.107 e. The molecular formula is C14H20N2O. The number of aliphatic hydroxyl groups is 1. The molecule has 1 saturated heterocycles. The summed E-state index contributed by atoms with van der Waals surface area (Å²) in [5, 5.41) is 14.5. The Morgan fingerprint density at radius 1 is 1.29 bits per heavy atom. The second-order valence-electron chi connectivity index (χ2n) is 5.32. The molecular weight excluding hydrogens is 212 g/mol. The Morgan fingerprint density at radius 2 is 2.12 bits per heavy atom. The van der Waals surface area contributed by atoms with Crippen molar-refractivity contribution in [3.05, 3.63) is 35.4 Å². The first-order valence-electron chi connectivity index (χ1n) is 6.52. The number of nitrogens with two attached hydrogens (primary N) is 1. The van der Waals surface area contributed by atoms with Crippen LogP contribution in [0.3, 0.4) is 0 Å². The van der Waals surface area contributed by atoms with Crippen LogP contribution in [-0.4, -0.2) is 17.7 Å². The Balaban J connectivity index is 1.98. The maximum atomic E-state index is 11.0. The minimum atomic E-state index is -0.767. The second kappa shape index (κ2) is 4.09. The van der Waals surface area contributed by atoms with E-state index in [1.54, 1.807) is 0 Å². The van der Waals surface area contributed by atoms with Crippen molar-refractivity contribution in [3.8, 4) is 0 Å². The molecule has 3 heteroatoms. The molecule has 1 heterocycles. The van der Waals surface area contributed by atoms with Gasteiger partial charge in [-0.2, -0.15) is 0 Å². The first kappa shape index (κ1) is 11.2. The number of nitrogens with one attached hydrogen (secondary N) is 1. The Bertz CT molecular complexity index is 414. The van der Waals surface area contributed by atoms with Gasteiger partial charge in [0.25, 0.3) is 0 Å². The lowest BCUT2D eigenvalue weighted by Gasteiger charge is -2.37. The van der Waals surface area contributed by atoms with Gasteiger partial charge in [0, 0.05) is 18.5 Å². The van der Waals surface area contributed by atoms with E-state index in [2.05, 4.69) is 5.32 Å². The monoisotopic (exact) mass is 232 g/mol. The highest BCUT2D eigenvalue weighted by Gasteiger charge is 2.46. The minimum Gasteiger partial charge on any atom is -0.383 e. The molecule has 1 aromatic carbocycles. The molecule has 0 radical (unpaired) electrons. The molecule has 0 bridgehead atoms. The summed E-state index contributed by atoms with van der Waals surface area (Å²) < 4.78 is 0. The average Bonchev–Trinajstić information content (AvgIpc) is 2.65. The minimum absolute atomic E-state index is 0.0278. The lowest BCUT2D eigenvalue weighted by Crippen LogP contribution is -2.49. The molecule has 0 saturated carbocycles. The van der Waals surface area contributed by atoms with Crippen LogP contribution >= 0.6 is 0 Å². The Kier molecular flexibility index (Phi) is 2.69. The van der Waals surface area contributed by atoms with Crippen molar-refractivity contribution in [2.45, 2.75) is 43.4 Å². The standard InChI is InChI=1S/C14H20N2O/c15-12-9-14(17,13-7-3-4-8-16-13)11-6-2-1-5-10(11)12/h1-2,5-6,12-13,16-17H,3-4,7-9,15H2. The molecule has 0 spiro atoms. The molecule has 3 atom stereocenters. The Morgan fingerprint density at radius 3 is 2.88 bits per heavy atom. The highest BCUT2D eigenvalue weighted by Crippen LogP contribution is 2.45. The molecule has 3 rings (SSSR count).